The summed E-state index contributed by atoms with van der Waals surface area (Å²) >= 11 is 5.66. The summed E-state index contributed by atoms with van der Waals surface area (Å²) in [6.45, 7) is 1.80. The van der Waals surface area contributed by atoms with Gasteiger partial charge in [-0.2, -0.15) is 0 Å². The Morgan fingerprint density at radius 2 is 2.35 bits per heavy atom. The lowest BCUT2D eigenvalue weighted by Crippen LogP contribution is -2.24. The fourth-order valence-electron chi connectivity index (χ4n) is 1.23. The molecule has 92 valence electrons. The van der Waals surface area contributed by atoms with Crippen LogP contribution < -0.4 is 10.6 Å². The fraction of sp³-hybridized carbons (Fsp3) is 0.300. The van der Waals surface area contributed by atoms with Gasteiger partial charge in [0.2, 0.25) is 0 Å². The second kappa shape index (κ2) is 6.05. The van der Waals surface area contributed by atoms with Crippen molar-refractivity contribution in [1.29, 1.82) is 0 Å². The van der Waals surface area contributed by atoms with Crippen molar-refractivity contribution in [1.82, 2.24) is 15.6 Å². The summed E-state index contributed by atoms with van der Waals surface area (Å²) in [6, 6.07) is 3.18. The number of hydrogen-bond donors (Lipinski definition) is 2. The van der Waals surface area contributed by atoms with Gasteiger partial charge in [-0.1, -0.05) is 17.7 Å². The lowest BCUT2D eigenvalue weighted by atomic mass is 10.1. The minimum atomic E-state index is -0.490. The number of hydrogen-bond acceptors (Lipinski definition) is 5. The molecule has 1 rings (SSSR count). The molecule has 1 aromatic rings. The van der Waals surface area contributed by atoms with Gasteiger partial charge in [0.1, 0.15) is 11.2 Å². The van der Waals surface area contributed by atoms with Crippen LogP contribution in [0.15, 0.2) is 30.4 Å². The van der Waals surface area contributed by atoms with Crippen molar-refractivity contribution in [3.63, 3.8) is 0 Å². The number of halogens is 1. The molecule has 1 aromatic heterocycles. The van der Waals surface area contributed by atoms with Crippen LogP contribution in [0.1, 0.15) is 18.5 Å². The average molecular weight is 257 g/mol. The third-order valence-corrected chi connectivity index (χ3v) is 2.32. The first-order valence-corrected chi connectivity index (χ1v) is 5.32. The largest absolute Gasteiger partial charge is 0.387 e. The Bertz CT molecular complexity index is 419. The van der Waals surface area contributed by atoms with E-state index in [9.17, 15) is 10.1 Å². The zero-order chi connectivity index (χ0) is 12.8. The first-order chi connectivity index (χ1) is 8.04. The predicted octanol–water partition coefficient (Wildman–Crippen LogP) is 1.68. The van der Waals surface area contributed by atoms with E-state index in [2.05, 4.69) is 15.6 Å². The van der Waals surface area contributed by atoms with Crippen molar-refractivity contribution in [2.24, 2.45) is 0 Å². The SMILES string of the molecule is CNC=C(NC(C)c1ccc(Cl)nc1)[N+](=O)[O-]. The van der Waals surface area contributed by atoms with Crippen LogP contribution in [0.4, 0.5) is 0 Å². The maximum Gasteiger partial charge on any atom is 0.332 e. The minimum Gasteiger partial charge on any atom is -0.387 e. The molecule has 7 heteroatoms. The maximum atomic E-state index is 10.7. The summed E-state index contributed by atoms with van der Waals surface area (Å²) in [5, 5.41) is 16.5. The van der Waals surface area contributed by atoms with E-state index >= 15 is 0 Å². The molecule has 0 bridgehead atoms. The average Bonchev–Trinajstić information content (AvgIpc) is 2.29. The van der Waals surface area contributed by atoms with Gasteiger partial charge >= 0.3 is 5.82 Å². The van der Waals surface area contributed by atoms with E-state index in [0.29, 0.717) is 5.15 Å². The number of rotatable bonds is 5. The summed E-state index contributed by atoms with van der Waals surface area (Å²) < 4.78 is 0. The highest BCUT2D eigenvalue weighted by Crippen LogP contribution is 2.14. The van der Waals surface area contributed by atoms with Crippen molar-refractivity contribution in [2.75, 3.05) is 7.05 Å². The van der Waals surface area contributed by atoms with E-state index in [1.807, 2.05) is 0 Å². The van der Waals surface area contributed by atoms with Crippen LogP contribution in [0, 0.1) is 10.1 Å². The molecular weight excluding hydrogens is 244 g/mol. The molecule has 0 aliphatic heterocycles. The zero-order valence-corrected chi connectivity index (χ0v) is 10.2. The van der Waals surface area contributed by atoms with E-state index in [1.54, 1.807) is 32.3 Å². The lowest BCUT2D eigenvalue weighted by Gasteiger charge is -2.11. The van der Waals surface area contributed by atoms with Crippen molar-refractivity contribution in [3.05, 3.63) is 51.2 Å². The second-order valence-electron chi connectivity index (χ2n) is 3.36. The first-order valence-electron chi connectivity index (χ1n) is 4.94. The number of nitrogens with one attached hydrogen (secondary N) is 2. The van der Waals surface area contributed by atoms with Gasteiger partial charge in [0.15, 0.2) is 0 Å². The standard InChI is InChI=1S/C10H13ClN4O2/c1-7(8-3-4-9(11)13-5-8)14-10(6-12-2)15(16)17/h3-7,12,14H,1-2H3. The third kappa shape index (κ3) is 3.92. The molecule has 1 atom stereocenters. The van der Waals surface area contributed by atoms with Crippen LogP contribution in [0.5, 0.6) is 0 Å². The quantitative estimate of drug-likeness (QED) is 0.476. The Kier molecular flexibility index (Phi) is 4.71. The molecule has 0 saturated heterocycles. The normalized spacial score (nSPS) is 13.0. The van der Waals surface area contributed by atoms with E-state index in [0.717, 1.165) is 5.56 Å². The third-order valence-electron chi connectivity index (χ3n) is 2.09. The summed E-state index contributed by atoms with van der Waals surface area (Å²) in [4.78, 5) is 14.1. The highest BCUT2D eigenvalue weighted by molar-refractivity contribution is 6.29. The van der Waals surface area contributed by atoms with Crippen LogP contribution in [-0.2, 0) is 0 Å². The van der Waals surface area contributed by atoms with E-state index in [1.165, 1.54) is 6.20 Å². The molecule has 0 aliphatic carbocycles. The number of pyridine rings is 1. The van der Waals surface area contributed by atoms with Crippen LogP contribution in [0.2, 0.25) is 5.15 Å². The highest BCUT2D eigenvalue weighted by atomic mass is 35.5. The monoisotopic (exact) mass is 256 g/mol. The van der Waals surface area contributed by atoms with Gasteiger partial charge in [-0.3, -0.25) is 5.32 Å². The molecule has 2 N–H and O–H groups in total. The van der Waals surface area contributed by atoms with Crippen LogP contribution in [-0.4, -0.2) is 17.0 Å². The summed E-state index contributed by atoms with van der Waals surface area (Å²) in [5.74, 6) is -0.102. The second-order valence-corrected chi connectivity index (χ2v) is 3.74. The molecule has 0 saturated carbocycles. The smallest absolute Gasteiger partial charge is 0.332 e. The summed E-state index contributed by atoms with van der Waals surface area (Å²) in [6.07, 6.45) is 2.87. The number of aromatic nitrogens is 1. The van der Waals surface area contributed by atoms with Crippen molar-refractivity contribution in [3.8, 4) is 0 Å². The molecule has 0 fully saturated rings. The van der Waals surface area contributed by atoms with Gasteiger partial charge in [0.25, 0.3) is 0 Å². The van der Waals surface area contributed by atoms with Gasteiger partial charge in [-0.15, -0.1) is 0 Å². The van der Waals surface area contributed by atoms with Crippen molar-refractivity contribution < 1.29 is 4.92 Å². The molecule has 6 nitrogen and oxygen atoms in total. The molecule has 0 aromatic carbocycles. The Balaban J connectivity index is 2.77. The molecule has 0 spiro atoms. The van der Waals surface area contributed by atoms with Gasteiger partial charge in [0, 0.05) is 18.8 Å². The summed E-state index contributed by atoms with van der Waals surface area (Å²) in [5.41, 5.74) is 0.818. The van der Waals surface area contributed by atoms with Gasteiger partial charge in [-0.05, 0) is 17.9 Å². The van der Waals surface area contributed by atoms with Gasteiger partial charge in [-0.25, -0.2) is 4.98 Å². The molecule has 0 radical (unpaired) electrons. The number of nitro groups is 1. The Hall–Kier alpha value is -1.82. The topological polar surface area (TPSA) is 80.1 Å². The van der Waals surface area contributed by atoms with Crippen LogP contribution in [0.25, 0.3) is 0 Å². The minimum absolute atomic E-state index is 0.102. The number of nitrogens with zero attached hydrogens (tertiary/aromatic N) is 2. The Labute approximate surface area is 104 Å². The predicted molar refractivity (Wildman–Crippen MR) is 64.9 cm³/mol. The van der Waals surface area contributed by atoms with E-state index in [4.69, 9.17) is 11.6 Å². The van der Waals surface area contributed by atoms with Crippen LogP contribution >= 0.6 is 11.6 Å². The van der Waals surface area contributed by atoms with E-state index < -0.39 is 4.92 Å². The molecule has 0 amide bonds. The van der Waals surface area contributed by atoms with Crippen molar-refractivity contribution >= 4 is 11.6 Å². The molecule has 1 heterocycles. The lowest BCUT2D eigenvalue weighted by molar-refractivity contribution is -0.433. The fourth-order valence-corrected chi connectivity index (χ4v) is 1.34. The molecule has 0 aliphatic rings. The first kappa shape index (κ1) is 13.2. The Morgan fingerprint density at radius 1 is 1.65 bits per heavy atom. The maximum absolute atomic E-state index is 10.7. The van der Waals surface area contributed by atoms with Crippen LogP contribution in [0.3, 0.4) is 0 Å². The van der Waals surface area contributed by atoms with Gasteiger partial charge in [0.05, 0.1) is 6.20 Å². The van der Waals surface area contributed by atoms with Crippen molar-refractivity contribution in [2.45, 2.75) is 13.0 Å². The summed E-state index contributed by atoms with van der Waals surface area (Å²) in [7, 11) is 1.60. The van der Waals surface area contributed by atoms with E-state index in [-0.39, 0.29) is 11.9 Å². The van der Waals surface area contributed by atoms with Gasteiger partial charge < -0.3 is 15.4 Å². The molecule has 1 unspecified atom stereocenters. The highest BCUT2D eigenvalue weighted by Gasteiger charge is 2.15. The molecule has 17 heavy (non-hydrogen) atoms. The zero-order valence-electron chi connectivity index (χ0n) is 9.48. The Morgan fingerprint density at radius 3 is 2.82 bits per heavy atom. The molecular formula is C10H13ClN4O2.